The minimum absolute atomic E-state index is 0.133. The molecule has 0 saturated carbocycles. The molecule has 0 aliphatic heterocycles. The molecule has 5 heteroatoms. The fraction of sp³-hybridized carbons (Fsp3) is 0.133. The molecular weight excluding hydrogens is 274 g/mol. The maximum absolute atomic E-state index is 12.2. The van der Waals surface area contributed by atoms with Gasteiger partial charge in [0.25, 0.3) is 0 Å². The quantitative estimate of drug-likeness (QED) is 0.534. The van der Waals surface area contributed by atoms with Gasteiger partial charge in [0.1, 0.15) is 11.5 Å². The van der Waals surface area contributed by atoms with Crippen LogP contribution in [0, 0.1) is 6.92 Å². The van der Waals surface area contributed by atoms with Crippen LogP contribution in [0.1, 0.15) is 11.1 Å². The summed E-state index contributed by atoms with van der Waals surface area (Å²) in [6.07, 6.45) is 0. The Morgan fingerprint density at radius 2 is 1.65 bits per heavy atom. The Kier molecular flexibility index (Phi) is 4.20. The van der Waals surface area contributed by atoms with E-state index in [0.29, 0.717) is 5.56 Å². The molecular formula is C15H15NO3S. The summed E-state index contributed by atoms with van der Waals surface area (Å²) in [5.41, 5.74) is 1.78. The average molecular weight is 289 g/mol. The summed E-state index contributed by atoms with van der Waals surface area (Å²) in [5.74, 6) is -0.337. The first-order valence-corrected chi connectivity index (χ1v) is 7.74. The van der Waals surface area contributed by atoms with Crippen molar-refractivity contribution in [3.05, 3.63) is 65.7 Å². The van der Waals surface area contributed by atoms with Gasteiger partial charge in [-0.05, 0) is 19.1 Å². The maximum Gasteiger partial charge on any atom is 0.184 e. The molecule has 2 rings (SSSR count). The zero-order chi connectivity index (χ0) is 14.6. The Balaban J connectivity index is 2.30. The van der Waals surface area contributed by atoms with Crippen LogP contribution in [0.2, 0.25) is 0 Å². The molecule has 0 aliphatic rings. The number of benzene rings is 2. The van der Waals surface area contributed by atoms with Gasteiger partial charge in [-0.3, -0.25) is 0 Å². The highest BCUT2D eigenvalue weighted by atomic mass is 32.2. The molecule has 0 heterocycles. The highest BCUT2D eigenvalue weighted by molar-refractivity contribution is 7.92. The Labute approximate surface area is 118 Å². The van der Waals surface area contributed by atoms with Gasteiger partial charge in [0.15, 0.2) is 9.84 Å². The zero-order valence-corrected chi connectivity index (χ0v) is 11.8. The molecule has 0 saturated heterocycles. The average Bonchev–Trinajstić information content (AvgIpc) is 2.47. The van der Waals surface area contributed by atoms with E-state index in [4.69, 9.17) is 5.21 Å². The SMILES string of the molecule is Cc1ccc(/C(CS(=O)(=O)c2ccccc2)=N/O)cc1. The summed E-state index contributed by atoms with van der Waals surface area (Å²) in [7, 11) is -3.52. The van der Waals surface area contributed by atoms with Crippen LogP contribution in [-0.4, -0.2) is 25.1 Å². The van der Waals surface area contributed by atoms with Crippen molar-refractivity contribution in [3.63, 3.8) is 0 Å². The minimum atomic E-state index is -3.52. The van der Waals surface area contributed by atoms with Crippen molar-refractivity contribution < 1.29 is 13.6 Å². The lowest BCUT2D eigenvalue weighted by Crippen LogP contribution is -2.17. The van der Waals surface area contributed by atoms with Crippen LogP contribution >= 0.6 is 0 Å². The van der Waals surface area contributed by atoms with Crippen molar-refractivity contribution in [2.45, 2.75) is 11.8 Å². The smallest absolute Gasteiger partial charge is 0.184 e. The highest BCUT2D eigenvalue weighted by Crippen LogP contribution is 2.13. The Morgan fingerprint density at radius 3 is 2.20 bits per heavy atom. The highest BCUT2D eigenvalue weighted by Gasteiger charge is 2.19. The molecule has 0 amide bonds. The van der Waals surface area contributed by atoms with E-state index in [2.05, 4.69) is 5.16 Å². The summed E-state index contributed by atoms with van der Waals surface area (Å²) < 4.78 is 24.5. The van der Waals surface area contributed by atoms with E-state index in [-0.39, 0.29) is 16.4 Å². The van der Waals surface area contributed by atoms with Gasteiger partial charge in [-0.1, -0.05) is 53.2 Å². The van der Waals surface area contributed by atoms with Crippen molar-refractivity contribution >= 4 is 15.5 Å². The Morgan fingerprint density at radius 1 is 1.05 bits per heavy atom. The molecule has 0 radical (unpaired) electrons. The van der Waals surface area contributed by atoms with Crippen molar-refractivity contribution in [3.8, 4) is 0 Å². The van der Waals surface area contributed by atoms with Crippen molar-refractivity contribution in [2.24, 2.45) is 5.16 Å². The largest absolute Gasteiger partial charge is 0.411 e. The second-order valence-corrected chi connectivity index (χ2v) is 6.47. The van der Waals surface area contributed by atoms with Crippen LogP contribution in [0.4, 0.5) is 0 Å². The molecule has 0 bridgehead atoms. The number of aryl methyl sites for hydroxylation is 1. The van der Waals surface area contributed by atoms with Gasteiger partial charge >= 0.3 is 0 Å². The molecule has 2 aromatic rings. The summed E-state index contributed by atoms with van der Waals surface area (Å²) in [6.45, 7) is 1.93. The van der Waals surface area contributed by atoms with Crippen LogP contribution in [0.25, 0.3) is 0 Å². The van der Waals surface area contributed by atoms with E-state index in [0.717, 1.165) is 5.56 Å². The fourth-order valence-electron chi connectivity index (χ4n) is 1.81. The van der Waals surface area contributed by atoms with Crippen molar-refractivity contribution in [1.29, 1.82) is 0 Å². The summed E-state index contributed by atoms with van der Waals surface area (Å²) in [6, 6.07) is 15.3. The fourth-order valence-corrected chi connectivity index (χ4v) is 3.13. The molecule has 4 nitrogen and oxygen atoms in total. The second kappa shape index (κ2) is 5.88. The van der Waals surface area contributed by atoms with Gasteiger partial charge in [0, 0.05) is 5.56 Å². The van der Waals surface area contributed by atoms with Crippen LogP contribution in [-0.2, 0) is 9.84 Å². The van der Waals surface area contributed by atoms with E-state index in [1.54, 1.807) is 30.3 Å². The Bertz CT molecular complexity index is 705. The third kappa shape index (κ3) is 3.24. The summed E-state index contributed by atoms with van der Waals surface area (Å²) in [4.78, 5) is 0.216. The van der Waals surface area contributed by atoms with Crippen LogP contribution in [0.3, 0.4) is 0 Å². The first kappa shape index (κ1) is 14.3. The molecule has 0 unspecified atom stereocenters. The number of hydrogen-bond acceptors (Lipinski definition) is 4. The lowest BCUT2D eigenvalue weighted by atomic mass is 10.1. The number of nitrogens with zero attached hydrogens (tertiary/aromatic N) is 1. The van der Waals surface area contributed by atoms with Crippen LogP contribution in [0.15, 0.2) is 64.6 Å². The first-order valence-electron chi connectivity index (χ1n) is 6.09. The second-order valence-electron chi connectivity index (χ2n) is 4.48. The zero-order valence-electron chi connectivity index (χ0n) is 11.0. The van der Waals surface area contributed by atoms with Gasteiger partial charge in [-0.15, -0.1) is 0 Å². The summed E-state index contributed by atoms with van der Waals surface area (Å²) in [5, 5.41) is 12.2. The number of sulfone groups is 1. The third-order valence-electron chi connectivity index (χ3n) is 2.93. The van der Waals surface area contributed by atoms with E-state index >= 15 is 0 Å². The normalized spacial score (nSPS) is 12.3. The molecule has 1 N–H and O–H groups in total. The van der Waals surface area contributed by atoms with Crippen molar-refractivity contribution in [1.82, 2.24) is 0 Å². The lowest BCUT2D eigenvalue weighted by molar-refractivity contribution is 0.319. The first-order chi connectivity index (χ1) is 9.53. The molecule has 0 fully saturated rings. The Hall–Kier alpha value is -2.14. The van der Waals surface area contributed by atoms with Gasteiger partial charge in [-0.2, -0.15) is 0 Å². The minimum Gasteiger partial charge on any atom is -0.411 e. The van der Waals surface area contributed by atoms with Crippen LogP contribution < -0.4 is 0 Å². The molecule has 0 aliphatic carbocycles. The van der Waals surface area contributed by atoms with E-state index in [1.165, 1.54) is 12.1 Å². The third-order valence-corrected chi connectivity index (χ3v) is 4.58. The van der Waals surface area contributed by atoms with Gasteiger partial charge < -0.3 is 5.21 Å². The van der Waals surface area contributed by atoms with E-state index < -0.39 is 9.84 Å². The standard InChI is InChI=1S/C15H15NO3S/c1-12-7-9-13(10-8-12)15(16-17)11-20(18,19)14-5-3-2-4-6-14/h2-10,17H,11H2,1H3/b16-15+. The molecule has 0 atom stereocenters. The number of oxime groups is 1. The lowest BCUT2D eigenvalue weighted by Gasteiger charge is -2.07. The molecule has 0 aromatic heterocycles. The molecule has 104 valence electrons. The molecule has 2 aromatic carbocycles. The number of hydrogen-bond donors (Lipinski definition) is 1. The number of rotatable bonds is 4. The summed E-state index contributed by atoms with van der Waals surface area (Å²) >= 11 is 0. The molecule has 0 spiro atoms. The predicted octanol–water partition coefficient (Wildman–Crippen LogP) is 2.65. The predicted molar refractivity (Wildman–Crippen MR) is 78.0 cm³/mol. The van der Waals surface area contributed by atoms with Gasteiger partial charge in [-0.25, -0.2) is 8.42 Å². The molecule has 20 heavy (non-hydrogen) atoms. The van der Waals surface area contributed by atoms with E-state index in [1.807, 2.05) is 19.1 Å². The van der Waals surface area contributed by atoms with E-state index in [9.17, 15) is 8.42 Å². The van der Waals surface area contributed by atoms with Gasteiger partial charge in [0.05, 0.1) is 4.90 Å². The van der Waals surface area contributed by atoms with Crippen LogP contribution in [0.5, 0.6) is 0 Å². The monoisotopic (exact) mass is 289 g/mol. The van der Waals surface area contributed by atoms with Gasteiger partial charge in [0.2, 0.25) is 0 Å². The van der Waals surface area contributed by atoms with Crippen molar-refractivity contribution in [2.75, 3.05) is 5.75 Å². The maximum atomic E-state index is 12.2. The topological polar surface area (TPSA) is 66.7 Å².